The van der Waals surface area contributed by atoms with Gasteiger partial charge in [0.05, 0.1) is 13.1 Å². The van der Waals surface area contributed by atoms with Gasteiger partial charge in [0, 0.05) is 38.3 Å². The van der Waals surface area contributed by atoms with Crippen LogP contribution in [0.5, 0.6) is 0 Å². The van der Waals surface area contributed by atoms with Gasteiger partial charge in [-0.2, -0.15) is 0 Å². The van der Waals surface area contributed by atoms with Gasteiger partial charge in [0.25, 0.3) is 11.8 Å². The maximum Gasteiger partial charge on any atom is 0.251 e. The molecule has 0 atom stereocenters. The molecule has 2 amide bonds. The van der Waals surface area contributed by atoms with Crippen LogP contribution in [0.2, 0.25) is 0 Å². The highest BCUT2D eigenvalue weighted by molar-refractivity contribution is 5.94. The third-order valence-electron chi connectivity index (χ3n) is 6.67. The zero-order valence-electron chi connectivity index (χ0n) is 20.8. The minimum atomic E-state index is -0.167. The molecule has 36 heavy (non-hydrogen) atoms. The molecule has 1 aliphatic heterocycles. The Hall–Kier alpha value is -3.52. The van der Waals surface area contributed by atoms with Crippen LogP contribution in [0.3, 0.4) is 0 Å². The summed E-state index contributed by atoms with van der Waals surface area (Å²) in [6, 6.07) is 26.4. The standard InChI is InChI=1S/C29H35N5O2/c1-31-34(28(35)19-30)21-23-8-5-9-26(18-23)24-10-12-25(13-11-24)29(36)32-27-14-16-33(17-15-27)20-22-6-3-2-4-7-22/h2-13,18,27,31H,14-17,19-21,30H2,1H3,(H,32,36). The smallest absolute Gasteiger partial charge is 0.251 e. The number of nitrogens with zero attached hydrogens (tertiary/aromatic N) is 2. The normalized spacial score (nSPS) is 14.4. The molecule has 0 unspecified atom stereocenters. The first kappa shape index (κ1) is 25.6. The van der Waals surface area contributed by atoms with E-state index in [0.29, 0.717) is 12.1 Å². The summed E-state index contributed by atoms with van der Waals surface area (Å²) in [4.78, 5) is 27.2. The fraction of sp³-hybridized carbons (Fsp3) is 0.310. The third kappa shape index (κ3) is 6.79. The number of benzene rings is 3. The van der Waals surface area contributed by atoms with E-state index in [9.17, 15) is 9.59 Å². The molecule has 3 aromatic carbocycles. The number of hydrogen-bond acceptors (Lipinski definition) is 5. The Morgan fingerprint density at radius 2 is 1.61 bits per heavy atom. The van der Waals surface area contributed by atoms with Crippen molar-refractivity contribution in [3.63, 3.8) is 0 Å². The Kier molecular flexibility index (Phi) is 8.84. The Labute approximate surface area is 213 Å². The molecule has 0 spiro atoms. The molecule has 7 nitrogen and oxygen atoms in total. The first-order chi connectivity index (χ1) is 17.6. The van der Waals surface area contributed by atoms with E-state index in [1.807, 2.05) is 54.6 Å². The van der Waals surface area contributed by atoms with Gasteiger partial charge in [0.15, 0.2) is 0 Å². The van der Waals surface area contributed by atoms with Crippen LogP contribution >= 0.6 is 0 Å². The molecule has 1 aliphatic rings. The fourth-order valence-corrected chi connectivity index (χ4v) is 4.59. The molecule has 4 N–H and O–H groups in total. The summed E-state index contributed by atoms with van der Waals surface area (Å²) in [6.07, 6.45) is 1.92. The third-order valence-corrected chi connectivity index (χ3v) is 6.67. The van der Waals surface area contributed by atoms with E-state index in [4.69, 9.17) is 5.73 Å². The van der Waals surface area contributed by atoms with E-state index in [1.54, 1.807) is 7.05 Å². The highest BCUT2D eigenvalue weighted by Crippen LogP contribution is 2.22. The van der Waals surface area contributed by atoms with Crippen molar-refractivity contribution < 1.29 is 9.59 Å². The van der Waals surface area contributed by atoms with Crippen LogP contribution in [0.15, 0.2) is 78.9 Å². The molecule has 7 heteroatoms. The van der Waals surface area contributed by atoms with Gasteiger partial charge in [-0.3, -0.25) is 19.5 Å². The van der Waals surface area contributed by atoms with Gasteiger partial charge in [0.2, 0.25) is 0 Å². The Balaban J connectivity index is 1.31. The number of nitrogens with one attached hydrogen (secondary N) is 2. The first-order valence-electron chi connectivity index (χ1n) is 12.5. The number of carbonyl (C=O) groups is 2. The summed E-state index contributed by atoms with van der Waals surface area (Å²) < 4.78 is 0. The van der Waals surface area contributed by atoms with E-state index in [1.165, 1.54) is 10.6 Å². The quantitative estimate of drug-likeness (QED) is 0.405. The number of nitrogens with two attached hydrogens (primary N) is 1. The van der Waals surface area contributed by atoms with Crippen molar-refractivity contribution in [3.8, 4) is 11.1 Å². The molecular weight excluding hydrogens is 450 g/mol. The lowest BCUT2D eigenvalue weighted by atomic mass is 10.0. The summed E-state index contributed by atoms with van der Waals surface area (Å²) in [5.41, 5.74) is 13.4. The number of carbonyl (C=O) groups excluding carboxylic acids is 2. The number of likely N-dealkylation sites (tertiary alicyclic amines) is 1. The molecule has 3 aromatic rings. The minimum Gasteiger partial charge on any atom is -0.349 e. The second kappa shape index (κ2) is 12.4. The summed E-state index contributed by atoms with van der Waals surface area (Å²) >= 11 is 0. The average Bonchev–Trinajstić information content (AvgIpc) is 2.93. The van der Waals surface area contributed by atoms with Crippen LogP contribution in [-0.4, -0.2) is 54.4 Å². The van der Waals surface area contributed by atoms with Crippen molar-refractivity contribution in [2.24, 2.45) is 5.73 Å². The second-order valence-electron chi connectivity index (χ2n) is 9.19. The molecule has 0 aromatic heterocycles. The van der Waals surface area contributed by atoms with E-state index in [0.717, 1.165) is 49.2 Å². The number of hydrogen-bond donors (Lipinski definition) is 3. The molecule has 0 bridgehead atoms. The van der Waals surface area contributed by atoms with E-state index < -0.39 is 0 Å². The number of piperidine rings is 1. The van der Waals surface area contributed by atoms with Gasteiger partial charge < -0.3 is 11.1 Å². The van der Waals surface area contributed by atoms with Crippen molar-refractivity contribution in [1.82, 2.24) is 20.7 Å². The van der Waals surface area contributed by atoms with Crippen LogP contribution in [0.4, 0.5) is 0 Å². The van der Waals surface area contributed by atoms with E-state index >= 15 is 0 Å². The fourth-order valence-electron chi connectivity index (χ4n) is 4.59. The minimum absolute atomic E-state index is 0.0261. The molecule has 0 aliphatic carbocycles. The Morgan fingerprint density at radius 1 is 0.917 bits per heavy atom. The van der Waals surface area contributed by atoms with Crippen LogP contribution in [0.1, 0.15) is 34.3 Å². The maximum atomic E-state index is 12.9. The lowest BCUT2D eigenvalue weighted by Gasteiger charge is -2.32. The SMILES string of the molecule is CNN(Cc1cccc(-c2ccc(C(=O)NC3CCN(Cc4ccccc4)CC3)cc2)c1)C(=O)CN. The maximum absolute atomic E-state index is 12.9. The van der Waals surface area contributed by atoms with Gasteiger partial charge in [-0.05, 0) is 53.3 Å². The summed E-state index contributed by atoms with van der Waals surface area (Å²) in [6.45, 7) is 3.30. The van der Waals surface area contributed by atoms with Crippen molar-refractivity contribution in [2.75, 3.05) is 26.7 Å². The molecule has 1 saturated heterocycles. The largest absolute Gasteiger partial charge is 0.349 e. The lowest BCUT2D eigenvalue weighted by molar-refractivity contribution is -0.133. The molecule has 0 radical (unpaired) electrons. The van der Waals surface area contributed by atoms with Crippen LogP contribution in [-0.2, 0) is 17.9 Å². The van der Waals surface area contributed by atoms with Gasteiger partial charge in [0.1, 0.15) is 0 Å². The molecule has 188 valence electrons. The molecule has 1 fully saturated rings. The predicted molar refractivity (Wildman–Crippen MR) is 143 cm³/mol. The topological polar surface area (TPSA) is 90.7 Å². The predicted octanol–water partition coefficient (Wildman–Crippen LogP) is 3.17. The van der Waals surface area contributed by atoms with Crippen molar-refractivity contribution in [1.29, 1.82) is 0 Å². The van der Waals surface area contributed by atoms with Gasteiger partial charge in [-0.15, -0.1) is 0 Å². The van der Waals surface area contributed by atoms with Crippen molar-refractivity contribution in [2.45, 2.75) is 32.0 Å². The van der Waals surface area contributed by atoms with Gasteiger partial charge in [-0.1, -0.05) is 60.7 Å². The van der Waals surface area contributed by atoms with Gasteiger partial charge >= 0.3 is 0 Å². The monoisotopic (exact) mass is 485 g/mol. The Morgan fingerprint density at radius 3 is 2.28 bits per heavy atom. The van der Waals surface area contributed by atoms with Crippen molar-refractivity contribution >= 4 is 11.8 Å². The summed E-state index contributed by atoms with van der Waals surface area (Å²) in [5.74, 6) is -0.193. The molecule has 0 saturated carbocycles. The first-order valence-corrected chi connectivity index (χ1v) is 12.5. The molecular formula is C29H35N5O2. The Bertz CT molecular complexity index is 1140. The number of rotatable bonds is 9. The average molecular weight is 486 g/mol. The van der Waals surface area contributed by atoms with Gasteiger partial charge in [-0.25, -0.2) is 5.43 Å². The lowest BCUT2D eigenvalue weighted by Crippen LogP contribution is -2.44. The van der Waals surface area contributed by atoms with Crippen LogP contribution in [0.25, 0.3) is 11.1 Å². The van der Waals surface area contributed by atoms with E-state index in [2.05, 4.69) is 39.9 Å². The number of amides is 2. The highest BCUT2D eigenvalue weighted by atomic mass is 16.2. The van der Waals surface area contributed by atoms with E-state index in [-0.39, 0.29) is 24.4 Å². The molecule has 1 heterocycles. The number of hydrazine groups is 1. The van der Waals surface area contributed by atoms with Crippen LogP contribution in [0, 0.1) is 0 Å². The summed E-state index contributed by atoms with van der Waals surface area (Å²) in [7, 11) is 1.70. The van der Waals surface area contributed by atoms with Crippen LogP contribution < -0.4 is 16.5 Å². The zero-order chi connectivity index (χ0) is 25.3. The zero-order valence-corrected chi connectivity index (χ0v) is 20.8. The summed E-state index contributed by atoms with van der Waals surface area (Å²) in [5, 5.41) is 4.71. The molecule has 4 rings (SSSR count). The highest BCUT2D eigenvalue weighted by Gasteiger charge is 2.21. The van der Waals surface area contributed by atoms with Crippen molar-refractivity contribution in [3.05, 3.63) is 95.6 Å². The second-order valence-corrected chi connectivity index (χ2v) is 9.19.